The highest BCUT2D eigenvalue weighted by molar-refractivity contribution is 7.89. The monoisotopic (exact) mass is 313 g/mol. The second-order valence-corrected chi connectivity index (χ2v) is 7.14. The number of nitrogens with zero attached hydrogens (tertiary/aromatic N) is 3. The molecule has 0 amide bonds. The molecule has 0 saturated carbocycles. The number of nitrogens with one attached hydrogen (secondary N) is 2. The van der Waals surface area contributed by atoms with Crippen LogP contribution >= 0.6 is 0 Å². The quantitative estimate of drug-likeness (QED) is 0.773. The summed E-state index contributed by atoms with van der Waals surface area (Å²) in [5.41, 5.74) is 0. The first-order valence-corrected chi connectivity index (χ1v) is 8.43. The molecule has 2 rings (SSSR count). The van der Waals surface area contributed by atoms with E-state index in [0.717, 1.165) is 19.6 Å². The number of aromatic nitrogens is 1. The van der Waals surface area contributed by atoms with Gasteiger partial charge in [-0.1, -0.05) is 0 Å². The fraction of sp³-hybridized carbons (Fsp3) is 0.615. The molecule has 0 bridgehead atoms. The molecule has 1 atom stereocenters. The van der Waals surface area contributed by atoms with Crippen LogP contribution in [0.25, 0.3) is 0 Å². The van der Waals surface area contributed by atoms with Gasteiger partial charge in [0, 0.05) is 45.5 Å². The molecule has 1 saturated heterocycles. The van der Waals surface area contributed by atoms with Crippen molar-refractivity contribution < 1.29 is 8.42 Å². The van der Waals surface area contributed by atoms with E-state index >= 15 is 0 Å². The summed E-state index contributed by atoms with van der Waals surface area (Å²) in [5, 5.41) is 2.86. The molecule has 0 aliphatic carbocycles. The molecule has 118 valence electrons. The lowest BCUT2D eigenvalue weighted by molar-refractivity contribution is 0.117. The summed E-state index contributed by atoms with van der Waals surface area (Å²) in [5.74, 6) is 0.641. The van der Waals surface area contributed by atoms with Crippen LogP contribution in [0.1, 0.15) is 0 Å². The minimum Gasteiger partial charge on any atom is -0.373 e. The molecule has 0 spiro atoms. The topological polar surface area (TPSA) is 77.6 Å². The van der Waals surface area contributed by atoms with Gasteiger partial charge in [-0.05, 0) is 26.2 Å². The van der Waals surface area contributed by atoms with Gasteiger partial charge < -0.3 is 10.2 Å². The van der Waals surface area contributed by atoms with Gasteiger partial charge in [0.05, 0.1) is 0 Å². The van der Waals surface area contributed by atoms with Gasteiger partial charge in [-0.2, -0.15) is 0 Å². The summed E-state index contributed by atoms with van der Waals surface area (Å²) in [6.07, 6.45) is 1.37. The van der Waals surface area contributed by atoms with E-state index in [1.165, 1.54) is 6.20 Å². The lowest BCUT2D eigenvalue weighted by Crippen LogP contribution is -2.54. The average molecular weight is 313 g/mol. The van der Waals surface area contributed by atoms with Crippen LogP contribution < -0.4 is 10.0 Å². The van der Waals surface area contributed by atoms with Crippen LogP contribution in [0.2, 0.25) is 0 Å². The van der Waals surface area contributed by atoms with E-state index in [1.54, 1.807) is 19.2 Å². The van der Waals surface area contributed by atoms with Gasteiger partial charge in [-0.3, -0.25) is 4.90 Å². The molecule has 1 aromatic rings. The Kier molecular flexibility index (Phi) is 5.15. The highest BCUT2D eigenvalue weighted by Crippen LogP contribution is 2.11. The van der Waals surface area contributed by atoms with Crippen molar-refractivity contribution in [1.82, 2.24) is 19.5 Å². The Labute approximate surface area is 126 Å². The minimum absolute atomic E-state index is 0.183. The molecule has 1 unspecified atom stereocenters. The van der Waals surface area contributed by atoms with Gasteiger partial charge in [0.1, 0.15) is 10.7 Å². The number of sulfonamides is 1. The molecule has 1 aliphatic heterocycles. The summed E-state index contributed by atoms with van der Waals surface area (Å²) in [6.45, 7) is 3.21. The SMILES string of the molecule is CNc1ccc(S(=O)(=O)NCC2CN(C)CCN2C)cn1. The normalized spacial score (nSPS) is 21.4. The smallest absolute Gasteiger partial charge is 0.242 e. The zero-order valence-electron chi connectivity index (χ0n) is 12.7. The number of anilines is 1. The highest BCUT2D eigenvalue weighted by atomic mass is 32.2. The minimum atomic E-state index is -3.51. The molecule has 7 nitrogen and oxygen atoms in total. The number of rotatable bonds is 5. The number of pyridine rings is 1. The van der Waals surface area contributed by atoms with Gasteiger partial charge in [-0.25, -0.2) is 18.1 Å². The van der Waals surface area contributed by atoms with Crippen molar-refractivity contribution in [2.75, 3.05) is 52.6 Å². The van der Waals surface area contributed by atoms with Crippen molar-refractivity contribution in [2.24, 2.45) is 0 Å². The zero-order valence-corrected chi connectivity index (χ0v) is 13.5. The number of hydrogen-bond donors (Lipinski definition) is 2. The Morgan fingerprint density at radius 2 is 2.10 bits per heavy atom. The maximum absolute atomic E-state index is 12.3. The van der Waals surface area contributed by atoms with Crippen LogP contribution in [-0.4, -0.2) is 76.6 Å². The Hall–Kier alpha value is -1.22. The fourth-order valence-corrected chi connectivity index (χ4v) is 3.32. The Morgan fingerprint density at radius 1 is 1.33 bits per heavy atom. The Balaban J connectivity index is 2.00. The number of likely N-dealkylation sites (N-methyl/N-ethyl adjacent to an activating group) is 2. The van der Waals surface area contributed by atoms with Crippen LogP contribution in [0.15, 0.2) is 23.2 Å². The first-order valence-electron chi connectivity index (χ1n) is 6.94. The second kappa shape index (κ2) is 6.69. The van der Waals surface area contributed by atoms with Crippen molar-refractivity contribution in [1.29, 1.82) is 0 Å². The standard InChI is InChI=1S/C13H23N5O2S/c1-14-13-5-4-12(9-15-13)21(19,20)16-8-11-10-17(2)6-7-18(11)3/h4-5,9,11,16H,6-8,10H2,1-3H3,(H,14,15). The summed E-state index contributed by atoms with van der Waals surface area (Å²) in [6, 6.07) is 3.38. The number of piperazine rings is 1. The predicted octanol–water partition coefficient (Wildman–Crippen LogP) is -0.353. The summed E-state index contributed by atoms with van der Waals surface area (Å²) >= 11 is 0. The summed E-state index contributed by atoms with van der Waals surface area (Å²) < 4.78 is 27.2. The Morgan fingerprint density at radius 3 is 2.71 bits per heavy atom. The lowest BCUT2D eigenvalue weighted by Gasteiger charge is -2.37. The third kappa shape index (κ3) is 4.13. The summed E-state index contributed by atoms with van der Waals surface area (Å²) in [7, 11) is 2.30. The highest BCUT2D eigenvalue weighted by Gasteiger charge is 2.24. The van der Waals surface area contributed by atoms with Crippen LogP contribution in [0.3, 0.4) is 0 Å². The fourth-order valence-electron chi connectivity index (χ4n) is 2.30. The van der Waals surface area contributed by atoms with E-state index in [9.17, 15) is 8.42 Å². The van der Waals surface area contributed by atoms with E-state index in [-0.39, 0.29) is 10.9 Å². The predicted molar refractivity (Wildman–Crippen MR) is 82.9 cm³/mol. The average Bonchev–Trinajstić information content (AvgIpc) is 2.48. The molecule has 8 heteroatoms. The van der Waals surface area contributed by atoms with Gasteiger partial charge in [0.25, 0.3) is 0 Å². The summed E-state index contributed by atoms with van der Waals surface area (Å²) in [4.78, 5) is 8.62. The second-order valence-electron chi connectivity index (χ2n) is 5.38. The van der Waals surface area contributed by atoms with Crippen molar-refractivity contribution >= 4 is 15.8 Å². The van der Waals surface area contributed by atoms with Crippen molar-refractivity contribution in [3.05, 3.63) is 18.3 Å². The van der Waals surface area contributed by atoms with Gasteiger partial charge >= 0.3 is 0 Å². The lowest BCUT2D eigenvalue weighted by atomic mass is 10.2. The maximum Gasteiger partial charge on any atom is 0.242 e. The van der Waals surface area contributed by atoms with Crippen LogP contribution in [0.4, 0.5) is 5.82 Å². The first kappa shape index (κ1) is 16.2. The van der Waals surface area contributed by atoms with E-state index < -0.39 is 10.0 Å². The molecule has 2 heterocycles. The largest absolute Gasteiger partial charge is 0.373 e. The molecule has 21 heavy (non-hydrogen) atoms. The van der Waals surface area contributed by atoms with Crippen molar-refractivity contribution in [3.8, 4) is 0 Å². The Bertz CT molecular complexity index is 560. The third-order valence-corrected chi connectivity index (χ3v) is 5.20. The van der Waals surface area contributed by atoms with E-state index in [0.29, 0.717) is 12.4 Å². The van der Waals surface area contributed by atoms with Crippen molar-refractivity contribution in [2.45, 2.75) is 10.9 Å². The maximum atomic E-state index is 12.3. The van der Waals surface area contributed by atoms with Crippen molar-refractivity contribution in [3.63, 3.8) is 0 Å². The first-order chi connectivity index (χ1) is 9.92. The van der Waals surface area contributed by atoms with Gasteiger partial charge in [0.15, 0.2) is 0 Å². The molecule has 0 radical (unpaired) electrons. The molecule has 0 aromatic carbocycles. The molecular weight excluding hydrogens is 290 g/mol. The molecule has 1 aromatic heterocycles. The molecule has 1 aliphatic rings. The van der Waals surface area contributed by atoms with Crippen LogP contribution in [0.5, 0.6) is 0 Å². The number of hydrogen-bond acceptors (Lipinski definition) is 6. The van der Waals surface area contributed by atoms with Gasteiger partial charge in [-0.15, -0.1) is 0 Å². The van der Waals surface area contributed by atoms with E-state index in [2.05, 4.69) is 31.9 Å². The molecule has 1 fully saturated rings. The van der Waals surface area contributed by atoms with E-state index in [1.807, 2.05) is 7.05 Å². The molecular formula is C13H23N5O2S. The van der Waals surface area contributed by atoms with Crippen LogP contribution in [0, 0.1) is 0 Å². The molecule has 2 N–H and O–H groups in total. The van der Waals surface area contributed by atoms with E-state index in [4.69, 9.17) is 0 Å². The third-order valence-electron chi connectivity index (χ3n) is 3.79. The van der Waals surface area contributed by atoms with Crippen LogP contribution in [-0.2, 0) is 10.0 Å². The zero-order chi connectivity index (χ0) is 15.5. The van der Waals surface area contributed by atoms with Gasteiger partial charge in [0.2, 0.25) is 10.0 Å².